The Morgan fingerprint density at radius 2 is 1.86 bits per heavy atom. The molecule has 1 fully saturated rings. The number of aromatic nitrogens is 2. The number of ether oxygens (including phenoxy) is 1. The molecule has 0 saturated carbocycles. The second-order valence-corrected chi connectivity index (χ2v) is 8.90. The van der Waals surface area contributed by atoms with Gasteiger partial charge in [0.15, 0.2) is 17.1 Å². The van der Waals surface area contributed by atoms with Gasteiger partial charge in [0.25, 0.3) is 0 Å². The van der Waals surface area contributed by atoms with E-state index in [-0.39, 0.29) is 48.5 Å². The van der Waals surface area contributed by atoms with Gasteiger partial charge < -0.3 is 24.2 Å². The largest absolute Gasteiger partial charge is 0.434 e. The number of alkyl halides is 6. The fourth-order valence-corrected chi connectivity index (χ4v) is 4.82. The summed E-state index contributed by atoms with van der Waals surface area (Å²) in [6.07, 6.45) is -8.60. The van der Waals surface area contributed by atoms with E-state index in [9.17, 15) is 36.2 Å². The normalized spacial score (nSPS) is 18.4. The molecule has 2 N–H and O–H groups in total. The Labute approximate surface area is 204 Å². The summed E-state index contributed by atoms with van der Waals surface area (Å²) in [6, 6.07) is 0. The first-order valence-corrected chi connectivity index (χ1v) is 11.7. The minimum absolute atomic E-state index is 0.0302. The molecule has 0 aromatic carbocycles. The van der Waals surface area contributed by atoms with Gasteiger partial charge >= 0.3 is 12.4 Å². The molecule has 2 aliphatic rings. The van der Waals surface area contributed by atoms with Gasteiger partial charge in [-0.2, -0.15) is 31.4 Å². The fraction of sp³-hybridized carbons (Fsp3) is 0.550. The van der Waals surface area contributed by atoms with Crippen molar-refractivity contribution in [1.82, 2.24) is 19.9 Å². The van der Waals surface area contributed by atoms with Gasteiger partial charge in [-0.3, -0.25) is 10.2 Å². The second kappa shape index (κ2) is 10.3. The first-order valence-electron chi connectivity index (χ1n) is 10.8. The Hall–Kier alpha value is -2.85. The topological polar surface area (TPSA) is 95.2 Å². The lowest BCUT2D eigenvalue weighted by Gasteiger charge is -2.34. The third-order valence-electron chi connectivity index (χ3n) is 5.75. The zero-order valence-corrected chi connectivity index (χ0v) is 19.5. The molecule has 1 unspecified atom stereocenters. The third-order valence-corrected chi connectivity index (χ3v) is 6.65. The van der Waals surface area contributed by atoms with Gasteiger partial charge in [0.1, 0.15) is 0 Å². The zero-order chi connectivity index (χ0) is 26.1. The Morgan fingerprint density at radius 3 is 2.50 bits per heavy atom. The summed E-state index contributed by atoms with van der Waals surface area (Å²) in [5.41, 5.74) is 0.0991. The Balaban J connectivity index is 1.21. The smallest absolute Gasteiger partial charge is 0.379 e. The van der Waals surface area contributed by atoms with E-state index in [4.69, 9.17) is 4.74 Å². The summed E-state index contributed by atoms with van der Waals surface area (Å²) in [4.78, 5) is 19.3. The van der Waals surface area contributed by atoms with E-state index >= 15 is 0 Å². The highest BCUT2D eigenvalue weighted by atomic mass is 32.1. The van der Waals surface area contributed by atoms with Crippen LogP contribution in [0.1, 0.15) is 35.2 Å². The predicted molar refractivity (Wildman–Crippen MR) is 116 cm³/mol. The van der Waals surface area contributed by atoms with E-state index in [0.717, 1.165) is 22.9 Å². The number of nitrogens with zero attached hydrogens (tertiary/aromatic N) is 5. The van der Waals surface area contributed by atoms with Crippen LogP contribution in [0, 0.1) is 0 Å². The number of halogens is 6. The quantitative estimate of drug-likeness (QED) is 0.415. The first kappa shape index (κ1) is 26.2. The number of thiazole rings is 1. The molecule has 4 rings (SSSR count). The molecule has 198 valence electrons. The number of anilines is 1. The number of aliphatic hydroxyl groups excluding tert-OH is 1. The molecule has 2 aromatic heterocycles. The standard InChI is InChI=1S/C20H22F6N6O3S/c21-19(22,23)12-10-32(13-9-27-29-17(34)16(12)13)6-8-35-7-1-15(33)30-2-4-31(5-3-30)18-28-14(11-36-18)20(24,25)26/h9-11,17,29,34H,1-8H2. The number of rotatable bonds is 7. The number of carbonyl (C=O) groups excluding carboxylic acids is 1. The van der Waals surface area contributed by atoms with E-state index in [2.05, 4.69) is 15.5 Å². The van der Waals surface area contributed by atoms with Crippen molar-refractivity contribution in [3.8, 4) is 0 Å². The van der Waals surface area contributed by atoms with E-state index < -0.39 is 29.8 Å². The minimum Gasteiger partial charge on any atom is -0.379 e. The van der Waals surface area contributed by atoms with Crippen LogP contribution in [-0.4, -0.2) is 71.1 Å². The van der Waals surface area contributed by atoms with Crippen molar-refractivity contribution in [3.63, 3.8) is 0 Å². The van der Waals surface area contributed by atoms with Crippen molar-refractivity contribution in [2.75, 3.05) is 44.3 Å². The summed E-state index contributed by atoms with van der Waals surface area (Å²) < 4.78 is 84.9. The Bertz CT molecular complexity index is 1110. The van der Waals surface area contributed by atoms with Crippen molar-refractivity contribution in [1.29, 1.82) is 0 Å². The van der Waals surface area contributed by atoms with E-state index in [1.54, 1.807) is 9.80 Å². The molecule has 2 aromatic rings. The second-order valence-electron chi connectivity index (χ2n) is 8.07. The third kappa shape index (κ3) is 5.75. The first-order chi connectivity index (χ1) is 16.9. The SMILES string of the molecule is O=C(CCOCCn1cc(C(F)(F)F)c2c1C=NNC2O)N1CCN(c2nc(C(F)(F)F)cs2)CC1. The number of carbonyl (C=O) groups is 1. The number of hydrazone groups is 1. The summed E-state index contributed by atoms with van der Waals surface area (Å²) in [5, 5.41) is 14.7. The highest BCUT2D eigenvalue weighted by Crippen LogP contribution is 2.37. The van der Waals surface area contributed by atoms with Crippen molar-refractivity contribution < 1.29 is 41.0 Å². The fourth-order valence-electron chi connectivity index (χ4n) is 3.93. The highest BCUT2D eigenvalue weighted by Gasteiger charge is 2.39. The van der Waals surface area contributed by atoms with Crippen molar-refractivity contribution in [3.05, 3.63) is 34.1 Å². The number of hydrogen-bond donors (Lipinski definition) is 2. The maximum Gasteiger partial charge on any atom is 0.434 e. The van der Waals surface area contributed by atoms with Crippen LogP contribution >= 0.6 is 11.3 Å². The van der Waals surface area contributed by atoms with Gasteiger partial charge in [-0.15, -0.1) is 11.3 Å². The number of hydrogen-bond acceptors (Lipinski definition) is 8. The summed E-state index contributed by atoms with van der Waals surface area (Å²) in [7, 11) is 0. The van der Waals surface area contributed by atoms with Crippen LogP contribution in [0.5, 0.6) is 0 Å². The van der Waals surface area contributed by atoms with Crippen molar-refractivity contribution in [2.45, 2.75) is 31.5 Å². The summed E-state index contributed by atoms with van der Waals surface area (Å²) in [5.74, 6) is -0.191. The molecule has 0 spiro atoms. The van der Waals surface area contributed by atoms with Gasteiger partial charge in [0.05, 0.1) is 37.1 Å². The molecule has 9 nitrogen and oxygen atoms in total. The van der Waals surface area contributed by atoms with E-state index in [1.807, 2.05) is 0 Å². The highest BCUT2D eigenvalue weighted by molar-refractivity contribution is 7.13. The number of nitrogens with one attached hydrogen (secondary N) is 1. The molecular formula is C20H22F6N6O3S. The van der Waals surface area contributed by atoms with Crippen LogP contribution in [0.2, 0.25) is 0 Å². The van der Waals surface area contributed by atoms with Crippen LogP contribution in [-0.2, 0) is 28.4 Å². The van der Waals surface area contributed by atoms with Crippen molar-refractivity contribution >= 4 is 28.6 Å². The molecule has 4 heterocycles. The summed E-state index contributed by atoms with van der Waals surface area (Å²) >= 11 is 0.903. The van der Waals surface area contributed by atoms with Gasteiger partial charge in [0, 0.05) is 49.9 Å². The maximum absolute atomic E-state index is 13.3. The molecule has 36 heavy (non-hydrogen) atoms. The molecule has 0 radical (unpaired) electrons. The summed E-state index contributed by atoms with van der Waals surface area (Å²) in [6.45, 7) is 1.48. The number of amides is 1. The number of aliphatic hydroxyl groups is 1. The molecule has 2 aliphatic heterocycles. The minimum atomic E-state index is -4.65. The van der Waals surface area contributed by atoms with E-state index in [0.29, 0.717) is 26.2 Å². The van der Waals surface area contributed by atoms with Gasteiger partial charge in [-0.1, -0.05) is 0 Å². The monoisotopic (exact) mass is 540 g/mol. The van der Waals surface area contributed by atoms with Gasteiger partial charge in [-0.25, -0.2) is 4.98 Å². The maximum atomic E-state index is 13.3. The molecule has 16 heteroatoms. The molecule has 1 atom stereocenters. The molecule has 1 amide bonds. The van der Waals surface area contributed by atoms with Gasteiger partial charge in [-0.05, 0) is 0 Å². The molecule has 1 saturated heterocycles. The Kier molecular flexibility index (Phi) is 7.47. The average molecular weight is 540 g/mol. The van der Waals surface area contributed by atoms with Gasteiger partial charge in [0.2, 0.25) is 5.91 Å². The lowest BCUT2D eigenvalue weighted by Crippen LogP contribution is -2.49. The molecule has 0 bridgehead atoms. The van der Waals surface area contributed by atoms with E-state index in [1.165, 1.54) is 10.8 Å². The molecular weight excluding hydrogens is 518 g/mol. The number of fused-ring (bicyclic) bond motifs is 1. The van der Waals surface area contributed by atoms with Crippen LogP contribution in [0.25, 0.3) is 0 Å². The van der Waals surface area contributed by atoms with Crippen LogP contribution < -0.4 is 10.3 Å². The number of piperazine rings is 1. The lowest BCUT2D eigenvalue weighted by atomic mass is 10.1. The van der Waals surface area contributed by atoms with Crippen molar-refractivity contribution in [2.24, 2.45) is 5.10 Å². The average Bonchev–Trinajstić information content (AvgIpc) is 3.45. The van der Waals surface area contributed by atoms with Crippen LogP contribution in [0.3, 0.4) is 0 Å². The zero-order valence-electron chi connectivity index (χ0n) is 18.6. The predicted octanol–water partition coefficient (Wildman–Crippen LogP) is 2.67. The Morgan fingerprint density at radius 1 is 1.14 bits per heavy atom. The van der Waals surface area contributed by atoms with Crippen LogP contribution in [0.15, 0.2) is 16.7 Å². The van der Waals surface area contributed by atoms with Crippen LogP contribution in [0.4, 0.5) is 31.5 Å². The molecule has 0 aliphatic carbocycles. The lowest BCUT2D eigenvalue weighted by molar-refractivity contribution is -0.141.